The van der Waals surface area contributed by atoms with Crippen molar-refractivity contribution in [2.75, 3.05) is 27.2 Å². The molecule has 0 bridgehead atoms. The highest BCUT2D eigenvalue weighted by Gasteiger charge is 2.13. The van der Waals surface area contributed by atoms with E-state index in [4.69, 9.17) is 0 Å². The molecule has 0 unspecified atom stereocenters. The number of hydrogen-bond donors (Lipinski definition) is 2. The minimum absolute atomic E-state index is 0.149. The predicted molar refractivity (Wildman–Crippen MR) is 105 cm³/mol. The summed E-state index contributed by atoms with van der Waals surface area (Å²) in [4.78, 5) is 10.2. The lowest BCUT2D eigenvalue weighted by Crippen LogP contribution is -2.42. The van der Waals surface area contributed by atoms with Gasteiger partial charge in [0.05, 0.1) is 6.54 Å². The molecule has 2 heterocycles. The van der Waals surface area contributed by atoms with Crippen LogP contribution in [0.2, 0.25) is 0 Å². The molecule has 2 N–H and O–H groups in total. The van der Waals surface area contributed by atoms with Gasteiger partial charge in [-0.05, 0) is 34.1 Å². The van der Waals surface area contributed by atoms with Crippen LogP contribution in [-0.2, 0) is 23.6 Å². The van der Waals surface area contributed by atoms with Crippen molar-refractivity contribution >= 4 is 31.9 Å². The SMILES string of the molecule is CN=C(NCCNS(=O)(=O)c1cccnc1)N(C)Cc1cc(Br)cn1C. The molecule has 0 aliphatic heterocycles. The molecule has 8 nitrogen and oxygen atoms in total. The van der Waals surface area contributed by atoms with Gasteiger partial charge in [0.25, 0.3) is 0 Å². The number of nitrogens with zero attached hydrogens (tertiary/aromatic N) is 4. The number of hydrogen-bond acceptors (Lipinski definition) is 4. The van der Waals surface area contributed by atoms with Crippen LogP contribution in [-0.4, -0.2) is 56.0 Å². The quantitative estimate of drug-likeness (QED) is 0.381. The smallest absolute Gasteiger partial charge is 0.242 e. The summed E-state index contributed by atoms with van der Waals surface area (Å²) < 4.78 is 29.9. The van der Waals surface area contributed by atoms with Gasteiger partial charge in [0.1, 0.15) is 4.90 Å². The van der Waals surface area contributed by atoms with E-state index >= 15 is 0 Å². The lowest BCUT2D eigenvalue weighted by molar-refractivity contribution is 0.462. The average molecular weight is 443 g/mol. The van der Waals surface area contributed by atoms with Crippen LogP contribution in [0.5, 0.6) is 0 Å². The Morgan fingerprint density at radius 3 is 2.77 bits per heavy atom. The van der Waals surface area contributed by atoms with Crippen LogP contribution in [0.25, 0.3) is 0 Å². The van der Waals surface area contributed by atoms with Gasteiger partial charge in [0.15, 0.2) is 5.96 Å². The Morgan fingerprint density at radius 1 is 1.42 bits per heavy atom. The summed E-state index contributed by atoms with van der Waals surface area (Å²) in [6.45, 7) is 1.32. The molecule has 0 spiro atoms. The van der Waals surface area contributed by atoms with E-state index in [9.17, 15) is 8.42 Å². The van der Waals surface area contributed by atoms with Crippen LogP contribution in [0.1, 0.15) is 5.69 Å². The van der Waals surface area contributed by atoms with E-state index in [1.807, 2.05) is 35.8 Å². The van der Waals surface area contributed by atoms with Crippen molar-refractivity contribution in [1.82, 2.24) is 24.5 Å². The van der Waals surface area contributed by atoms with E-state index in [1.165, 1.54) is 18.5 Å². The van der Waals surface area contributed by atoms with Gasteiger partial charge < -0.3 is 14.8 Å². The minimum Gasteiger partial charge on any atom is -0.355 e. The van der Waals surface area contributed by atoms with E-state index in [0.717, 1.165) is 10.2 Å². The molecule has 26 heavy (non-hydrogen) atoms. The van der Waals surface area contributed by atoms with Crippen molar-refractivity contribution in [3.63, 3.8) is 0 Å². The van der Waals surface area contributed by atoms with Crippen molar-refractivity contribution in [2.45, 2.75) is 11.4 Å². The molecule has 0 amide bonds. The number of aliphatic imine (C=N–C) groups is 1. The maximum absolute atomic E-state index is 12.1. The number of pyridine rings is 1. The molecule has 0 aliphatic carbocycles. The summed E-state index contributed by atoms with van der Waals surface area (Å²) in [7, 11) is 2.05. The summed E-state index contributed by atoms with van der Waals surface area (Å²) >= 11 is 3.46. The maximum Gasteiger partial charge on any atom is 0.242 e. The van der Waals surface area contributed by atoms with Gasteiger partial charge in [0, 0.05) is 63.0 Å². The van der Waals surface area contributed by atoms with Gasteiger partial charge >= 0.3 is 0 Å². The van der Waals surface area contributed by atoms with Gasteiger partial charge in [-0.15, -0.1) is 0 Å². The third-order valence-electron chi connectivity index (χ3n) is 3.69. The van der Waals surface area contributed by atoms with Gasteiger partial charge in [-0.1, -0.05) is 0 Å². The first-order valence-electron chi connectivity index (χ1n) is 7.95. The van der Waals surface area contributed by atoms with Crippen molar-refractivity contribution in [1.29, 1.82) is 0 Å². The third kappa shape index (κ3) is 5.55. The summed E-state index contributed by atoms with van der Waals surface area (Å²) in [6, 6.07) is 5.14. The molecule has 2 rings (SSSR count). The fraction of sp³-hybridized carbons (Fsp3) is 0.375. The van der Waals surface area contributed by atoms with E-state index in [1.54, 1.807) is 13.1 Å². The lowest BCUT2D eigenvalue weighted by Gasteiger charge is -2.22. The summed E-state index contributed by atoms with van der Waals surface area (Å²) in [5.41, 5.74) is 1.12. The maximum atomic E-state index is 12.1. The highest BCUT2D eigenvalue weighted by atomic mass is 79.9. The number of halogens is 1. The molecule has 0 aromatic carbocycles. The summed E-state index contributed by atoms with van der Waals surface area (Å²) in [5.74, 6) is 0.683. The van der Waals surface area contributed by atoms with E-state index in [0.29, 0.717) is 19.0 Å². The van der Waals surface area contributed by atoms with Gasteiger partial charge in [-0.2, -0.15) is 0 Å². The molecule has 0 radical (unpaired) electrons. The first kappa shape index (κ1) is 20.4. The molecular formula is C16H23BrN6O2S. The Morgan fingerprint density at radius 2 is 2.19 bits per heavy atom. The van der Waals surface area contributed by atoms with E-state index in [2.05, 4.69) is 35.9 Å². The van der Waals surface area contributed by atoms with E-state index in [-0.39, 0.29) is 11.4 Å². The van der Waals surface area contributed by atoms with Crippen LogP contribution < -0.4 is 10.0 Å². The lowest BCUT2D eigenvalue weighted by atomic mass is 10.4. The molecule has 10 heteroatoms. The number of guanidine groups is 1. The Labute approximate surface area is 162 Å². The fourth-order valence-electron chi connectivity index (χ4n) is 2.38. The summed E-state index contributed by atoms with van der Waals surface area (Å²) in [6.07, 6.45) is 4.85. The van der Waals surface area contributed by atoms with Crippen LogP contribution in [0.4, 0.5) is 0 Å². The summed E-state index contributed by atoms with van der Waals surface area (Å²) in [5, 5.41) is 3.15. The normalized spacial score (nSPS) is 12.2. The number of aryl methyl sites for hydroxylation is 1. The zero-order valence-corrected chi connectivity index (χ0v) is 17.4. The first-order chi connectivity index (χ1) is 12.3. The topological polar surface area (TPSA) is 91.6 Å². The van der Waals surface area contributed by atoms with Crippen LogP contribution in [0.15, 0.2) is 51.2 Å². The average Bonchev–Trinajstić information content (AvgIpc) is 2.92. The standard InChI is InChI=1S/C16H23BrN6O2S/c1-18-16(23(3)12-14-9-13(17)11-22(14)2)20-7-8-21-26(24,25)15-5-4-6-19-10-15/h4-6,9-11,21H,7-8,12H2,1-3H3,(H,18,20). The van der Waals surface area contributed by atoms with E-state index < -0.39 is 10.0 Å². The fourth-order valence-corrected chi connectivity index (χ4v) is 3.94. The first-order valence-corrected chi connectivity index (χ1v) is 10.2. The van der Waals surface area contributed by atoms with Crippen molar-refractivity contribution in [2.24, 2.45) is 12.0 Å². The predicted octanol–water partition coefficient (Wildman–Crippen LogP) is 1.17. The van der Waals surface area contributed by atoms with Crippen LogP contribution >= 0.6 is 15.9 Å². The number of rotatable bonds is 7. The second-order valence-electron chi connectivity index (χ2n) is 5.68. The molecule has 142 valence electrons. The van der Waals surface area contributed by atoms with Crippen LogP contribution in [0.3, 0.4) is 0 Å². The third-order valence-corrected chi connectivity index (χ3v) is 5.57. The minimum atomic E-state index is -3.55. The monoisotopic (exact) mass is 442 g/mol. The largest absolute Gasteiger partial charge is 0.355 e. The highest BCUT2D eigenvalue weighted by Crippen LogP contribution is 2.14. The Balaban J connectivity index is 1.84. The number of sulfonamides is 1. The second kappa shape index (κ2) is 9.15. The molecule has 0 atom stereocenters. The molecule has 2 aromatic heterocycles. The number of aromatic nitrogens is 2. The molecule has 0 aliphatic rings. The zero-order chi connectivity index (χ0) is 19.2. The van der Waals surface area contributed by atoms with Crippen molar-refractivity contribution < 1.29 is 8.42 Å². The molecule has 0 saturated heterocycles. The zero-order valence-electron chi connectivity index (χ0n) is 15.0. The Kier molecular flexibility index (Phi) is 7.18. The Bertz CT molecular complexity index is 851. The van der Waals surface area contributed by atoms with Gasteiger partial charge in [-0.3, -0.25) is 9.98 Å². The van der Waals surface area contributed by atoms with Crippen LogP contribution in [0, 0.1) is 0 Å². The highest BCUT2D eigenvalue weighted by molar-refractivity contribution is 9.10. The van der Waals surface area contributed by atoms with Crippen molar-refractivity contribution in [3.05, 3.63) is 47.0 Å². The Hall–Kier alpha value is -1.91. The van der Waals surface area contributed by atoms with Crippen molar-refractivity contribution in [3.8, 4) is 0 Å². The molecule has 0 saturated carbocycles. The van der Waals surface area contributed by atoms with Gasteiger partial charge in [-0.25, -0.2) is 13.1 Å². The molecule has 0 fully saturated rings. The number of nitrogens with one attached hydrogen (secondary N) is 2. The second-order valence-corrected chi connectivity index (χ2v) is 8.36. The molecule has 2 aromatic rings. The molecular weight excluding hydrogens is 420 g/mol. The van der Waals surface area contributed by atoms with Gasteiger partial charge in [0.2, 0.25) is 10.0 Å².